The number of nitriles is 2. The third-order valence-electron chi connectivity index (χ3n) is 3.71. The number of aryl methyl sites for hydroxylation is 1. The molecule has 1 aliphatic rings. The molecule has 3 rings (SSSR count). The summed E-state index contributed by atoms with van der Waals surface area (Å²) in [5.74, 6) is -0.462. The van der Waals surface area contributed by atoms with Crippen molar-refractivity contribution in [3.8, 4) is 12.1 Å². The lowest BCUT2D eigenvalue weighted by atomic mass is 9.96. The number of anilines is 1. The number of nitrogens with zero attached hydrogens (tertiary/aromatic N) is 2. The molecule has 4 nitrogen and oxygen atoms in total. The summed E-state index contributed by atoms with van der Waals surface area (Å²) in [6.07, 6.45) is 5.61. The normalized spacial score (nSPS) is 13.7. The molecule has 2 aromatic rings. The number of fused-ring (bicyclic) bond motifs is 1. The van der Waals surface area contributed by atoms with E-state index in [2.05, 4.69) is 11.4 Å². The van der Waals surface area contributed by atoms with E-state index in [4.69, 9.17) is 0 Å². The van der Waals surface area contributed by atoms with E-state index >= 15 is 0 Å². The molecule has 0 atom stereocenters. The van der Waals surface area contributed by atoms with Crippen molar-refractivity contribution >= 4 is 39.7 Å². The van der Waals surface area contributed by atoms with Crippen LogP contribution < -0.4 is 5.32 Å². The van der Waals surface area contributed by atoms with E-state index in [9.17, 15) is 15.3 Å². The fourth-order valence-corrected chi connectivity index (χ4v) is 4.50. The summed E-state index contributed by atoms with van der Waals surface area (Å²) < 4.78 is 0. The van der Waals surface area contributed by atoms with Gasteiger partial charge in [-0.15, -0.1) is 22.7 Å². The highest BCUT2D eigenvalue weighted by molar-refractivity contribution is 7.16. The Labute approximate surface area is 142 Å². The van der Waals surface area contributed by atoms with Gasteiger partial charge in [0.05, 0.1) is 5.56 Å². The summed E-state index contributed by atoms with van der Waals surface area (Å²) in [5, 5.41) is 23.8. The molecule has 0 aliphatic heterocycles. The van der Waals surface area contributed by atoms with Crippen LogP contribution in [0.2, 0.25) is 0 Å². The highest BCUT2D eigenvalue weighted by Gasteiger charge is 2.22. The summed E-state index contributed by atoms with van der Waals surface area (Å²) in [7, 11) is 0. The van der Waals surface area contributed by atoms with Crippen LogP contribution in [-0.4, -0.2) is 5.91 Å². The zero-order valence-corrected chi connectivity index (χ0v) is 13.9. The minimum Gasteiger partial charge on any atom is -0.312 e. The Morgan fingerprint density at radius 1 is 1.30 bits per heavy atom. The summed E-state index contributed by atoms with van der Waals surface area (Å²) in [5.41, 5.74) is 1.67. The SMILES string of the molecule is N#C/C(=C\c1cccs1)C(=O)Nc1sc2c(c1C#N)CCCC2. The zero-order chi connectivity index (χ0) is 16.2. The van der Waals surface area contributed by atoms with Crippen LogP contribution >= 0.6 is 22.7 Å². The third-order valence-corrected chi connectivity index (χ3v) is 5.73. The molecule has 23 heavy (non-hydrogen) atoms. The number of hydrogen-bond acceptors (Lipinski definition) is 5. The highest BCUT2D eigenvalue weighted by Crippen LogP contribution is 2.37. The minimum absolute atomic E-state index is 0.0442. The van der Waals surface area contributed by atoms with Gasteiger partial charge in [0, 0.05) is 9.75 Å². The number of amides is 1. The fourth-order valence-electron chi connectivity index (χ4n) is 2.61. The van der Waals surface area contributed by atoms with Crippen molar-refractivity contribution in [1.82, 2.24) is 0 Å². The molecule has 0 saturated heterocycles. The highest BCUT2D eigenvalue weighted by atomic mass is 32.1. The van der Waals surface area contributed by atoms with Gasteiger partial charge in [-0.1, -0.05) is 6.07 Å². The number of rotatable bonds is 3. The van der Waals surface area contributed by atoms with Gasteiger partial charge >= 0.3 is 0 Å². The molecule has 0 saturated carbocycles. The summed E-state index contributed by atoms with van der Waals surface area (Å²) in [6.45, 7) is 0. The van der Waals surface area contributed by atoms with Crippen molar-refractivity contribution in [2.24, 2.45) is 0 Å². The topological polar surface area (TPSA) is 76.7 Å². The molecule has 1 amide bonds. The molecule has 2 aromatic heterocycles. The number of nitrogens with one attached hydrogen (secondary N) is 1. The van der Waals surface area contributed by atoms with E-state index in [1.165, 1.54) is 27.6 Å². The van der Waals surface area contributed by atoms with Gasteiger partial charge in [0.2, 0.25) is 0 Å². The lowest BCUT2D eigenvalue weighted by Crippen LogP contribution is -2.13. The van der Waals surface area contributed by atoms with Gasteiger partial charge < -0.3 is 5.32 Å². The first-order valence-corrected chi connectivity index (χ1v) is 8.94. The van der Waals surface area contributed by atoms with Crippen LogP contribution in [0.25, 0.3) is 6.08 Å². The predicted molar refractivity (Wildman–Crippen MR) is 92.2 cm³/mol. The Morgan fingerprint density at radius 3 is 2.83 bits per heavy atom. The number of thiophene rings is 2. The molecular weight excluding hydrogens is 326 g/mol. The Morgan fingerprint density at radius 2 is 2.13 bits per heavy atom. The van der Waals surface area contributed by atoms with Gasteiger partial charge in [0.1, 0.15) is 22.7 Å². The quantitative estimate of drug-likeness (QED) is 0.675. The minimum atomic E-state index is -0.462. The first-order chi connectivity index (χ1) is 11.2. The summed E-state index contributed by atoms with van der Waals surface area (Å²) in [4.78, 5) is 14.4. The Hall–Kier alpha value is -2.41. The smallest absolute Gasteiger partial charge is 0.267 e. The summed E-state index contributed by atoms with van der Waals surface area (Å²) in [6, 6.07) is 7.86. The van der Waals surface area contributed by atoms with Gasteiger partial charge in [-0.25, -0.2) is 0 Å². The molecular formula is C17H13N3OS2. The van der Waals surface area contributed by atoms with Crippen molar-refractivity contribution in [2.75, 3.05) is 5.32 Å². The first-order valence-electron chi connectivity index (χ1n) is 7.24. The molecule has 1 N–H and O–H groups in total. The molecule has 1 aliphatic carbocycles. The molecule has 114 valence electrons. The van der Waals surface area contributed by atoms with Crippen molar-refractivity contribution in [2.45, 2.75) is 25.7 Å². The molecule has 6 heteroatoms. The van der Waals surface area contributed by atoms with Gasteiger partial charge in [-0.3, -0.25) is 4.79 Å². The maximum absolute atomic E-state index is 12.4. The Bertz CT molecular complexity index is 848. The van der Waals surface area contributed by atoms with E-state index < -0.39 is 5.91 Å². The Kier molecular flexibility index (Phi) is 4.57. The van der Waals surface area contributed by atoms with Crippen molar-refractivity contribution in [3.05, 3.63) is 44.0 Å². The van der Waals surface area contributed by atoms with E-state index in [0.717, 1.165) is 36.1 Å². The second kappa shape index (κ2) is 6.78. The Balaban J connectivity index is 1.87. The van der Waals surface area contributed by atoms with Crippen molar-refractivity contribution in [3.63, 3.8) is 0 Å². The van der Waals surface area contributed by atoms with E-state index in [1.54, 1.807) is 6.08 Å². The zero-order valence-electron chi connectivity index (χ0n) is 12.3. The predicted octanol–water partition coefficient (Wildman–Crippen LogP) is 4.11. The van der Waals surface area contributed by atoms with Crippen LogP contribution in [0.15, 0.2) is 23.1 Å². The average molecular weight is 339 g/mol. The fraction of sp³-hybridized carbons (Fsp3) is 0.235. The van der Waals surface area contributed by atoms with Crippen LogP contribution in [0.1, 0.15) is 33.7 Å². The number of carbonyl (C=O) groups is 1. The second-order valence-electron chi connectivity index (χ2n) is 5.17. The maximum atomic E-state index is 12.4. The monoisotopic (exact) mass is 339 g/mol. The van der Waals surface area contributed by atoms with Crippen LogP contribution in [0.5, 0.6) is 0 Å². The number of carbonyl (C=O) groups excluding carboxylic acids is 1. The van der Waals surface area contributed by atoms with Crippen molar-refractivity contribution < 1.29 is 4.79 Å². The molecule has 2 heterocycles. The average Bonchev–Trinajstić information content (AvgIpc) is 3.19. The van der Waals surface area contributed by atoms with Crippen molar-refractivity contribution in [1.29, 1.82) is 10.5 Å². The molecule has 0 unspecified atom stereocenters. The van der Waals surface area contributed by atoms with E-state index in [0.29, 0.717) is 10.6 Å². The van der Waals surface area contributed by atoms with E-state index in [-0.39, 0.29) is 5.57 Å². The number of hydrogen-bond donors (Lipinski definition) is 1. The molecule has 0 fully saturated rings. The van der Waals surface area contributed by atoms with Crippen LogP contribution in [0.4, 0.5) is 5.00 Å². The maximum Gasteiger partial charge on any atom is 0.267 e. The van der Waals surface area contributed by atoms with Crippen LogP contribution in [0, 0.1) is 22.7 Å². The third kappa shape index (κ3) is 3.19. The largest absolute Gasteiger partial charge is 0.312 e. The van der Waals surface area contributed by atoms with Gasteiger partial charge in [0.25, 0.3) is 5.91 Å². The lowest BCUT2D eigenvalue weighted by molar-refractivity contribution is -0.112. The van der Waals surface area contributed by atoms with Gasteiger partial charge in [-0.2, -0.15) is 10.5 Å². The molecule has 0 spiro atoms. The lowest BCUT2D eigenvalue weighted by Gasteiger charge is -2.09. The molecule has 0 radical (unpaired) electrons. The van der Waals surface area contributed by atoms with Gasteiger partial charge in [0.15, 0.2) is 0 Å². The molecule has 0 bridgehead atoms. The first kappa shape index (κ1) is 15.5. The summed E-state index contributed by atoms with van der Waals surface area (Å²) >= 11 is 2.93. The van der Waals surface area contributed by atoms with Gasteiger partial charge in [-0.05, 0) is 48.8 Å². The van der Waals surface area contributed by atoms with Crippen LogP contribution in [-0.2, 0) is 17.6 Å². The standard InChI is InChI=1S/C17H13N3OS2/c18-9-11(8-12-4-3-7-22-12)16(21)20-17-14(10-19)13-5-1-2-6-15(13)23-17/h3-4,7-8H,1-2,5-6H2,(H,20,21)/b11-8+. The second-order valence-corrected chi connectivity index (χ2v) is 7.25. The van der Waals surface area contributed by atoms with E-state index in [1.807, 2.05) is 23.6 Å². The van der Waals surface area contributed by atoms with Crippen LogP contribution in [0.3, 0.4) is 0 Å². The molecule has 0 aromatic carbocycles.